The summed E-state index contributed by atoms with van der Waals surface area (Å²) in [7, 11) is 0. The molecule has 0 atom stereocenters. The molecule has 46 heavy (non-hydrogen) atoms. The Morgan fingerprint density at radius 2 is 1.54 bits per heavy atom. The molecule has 1 aliphatic rings. The van der Waals surface area contributed by atoms with Crippen LogP contribution in [0, 0.1) is 17.9 Å². The molecule has 0 fully saturated rings. The van der Waals surface area contributed by atoms with Gasteiger partial charge in [-0.3, -0.25) is 14.8 Å². The van der Waals surface area contributed by atoms with Gasteiger partial charge >= 0.3 is 0 Å². The molecule has 4 nitrogen and oxygen atoms in total. The van der Waals surface area contributed by atoms with Gasteiger partial charge in [0.2, 0.25) is 0 Å². The Morgan fingerprint density at radius 3 is 2.17 bits per heavy atom. The number of fused-ring (bicyclic) bond motifs is 4. The van der Waals surface area contributed by atoms with Crippen molar-refractivity contribution in [3.63, 3.8) is 0 Å². The minimum Gasteiger partial charge on any atom is -0.512 e. The van der Waals surface area contributed by atoms with Gasteiger partial charge in [0.05, 0.1) is 5.76 Å². The maximum atomic E-state index is 11.7. The molecule has 0 unspecified atom stereocenters. The third kappa shape index (κ3) is 8.41. The Hall–Kier alpha value is -3.14. The molecule has 0 saturated carbocycles. The number of carbonyl (C=O) groups is 1. The summed E-state index contributed by atoms with van der Waals surface area (Å²) in [5, 5.41) is 12.2. The van der Waals surface area contributed by atoms with Gasteiger partial charge in [-0.15, -0.1) is 29.1 Å². The molecule has 247 valence electrons. The van der Waals surface area contributed by atoms with Crippen molar-refractivity contribution in [2.75, 3.05) is 0 Å². The Bertz CT molecular complexity index is 1650. The smallest absolute Gasteiger partial charge is 0.162 e. The van der Waals surface area contributed by atoms with E-state index in [9.17, 15) is 9.90 Å². The van der Waals surface area contributed by atoms with Crippen LogP contribution in [0.1, 0.15) is 115 Å². The molecule has 1 radical (unpaired) electrons. The number of hydrogen-bond donors (Lipinski definition) is 1. The fraction of sp³-hybridized carbons (Fsp3) is 0.439. The predicted molar refractivity (Wildman–Crippen MR) is 189 cm³/mol. The third-order valence-electron chi connectivity index (χ3n) is 9.31. The van der Waals surface area contributed by atoms with Crippen LogP contribution in [0.15, 0.2) is 66.6 Å². The Labute approximate surface area is 290 Å². The number of allylic oxidation sites excluding steroid dienone is 2. The Balaban J connectivity index is 0.000000309. The average Bonchev–Trinajstić information content (AvgIpc) is 3.04. The van der Waals surface area contributed by atoms with Gasteiger partial charge in [0.15, 0.2) is 5.78 Å². The molecular formula is C41H51IrN2O2-. The van der Waals surface area contributed by atoms with Crippen molar-refractivity contribution in [2.24, 2.45) is 11.8 Å². The molecule has 2 aromatic carbocycles. The molecule has 1 N–H and O–H groups in total. The van der Waals surface area contributed by atoms with Crippen LogP contribution in [-0.2, 0) is 37.7 Å². The number of nitrogens with zero attached hydrogens (tertiary/aromatic N) is 2. The second-order valence-corrected chi connectivity index (χ2v) is 12.9. The van der Waals surface area contributed by atoms with E-state index in [0.717, 1.165) is 55.2 Å². The van der Waals surface area contributed by atoms with E-state index in [0.29, 0.717) is 11.8 Å². The maximum absolute atomic E-state index is 11.7. The minimum atomic E-state index is 0. The first-order chi connectivity index (χ1) is 21.6. The van der Waals surface area contributed by atoms with Gasteiger partial charge in [-0.2, -0.15) is 0 Å². The summed E-state index contributed by atoms with van der Waals surface area (Å²) in [6, 6.07) is 21.1. The van der Waals surface area contributed by atoms with Crippen LogP contribution in [0.4, 0.5) is 0 Å². The summed E-state index contributed by atoms with van der Waals surface area (Å²) in [4.78, 5) is 21.5. The van der Waals surface area contributed by atoms with E-state index < -0.39 is 0 Å². The molecule has 1 aliphatic carbocycles. The number of benzene rings is 2. The van der Waals surface area contributed by atoms with Gasteiger partial charge < -0.3 is 5.11 Å². The van der Waals surface area contributed by atoms with E-state index >= 15 is 0 Å². The van der Waals surface area contributed by atoms with Crippen LogP contribution >= 0.6 is 0 Å². The van der Waals surface area contributed by atoms with Crippen molar-refractivity contribution in [1.29, 1.82) is 0 Å². The minimum absolute atomic E-state index is 0. The molecule has 0 bridgehead atoms. The van der Waals surface area contributed by atoms with Gasteiger partial charge in [0, 0.05) is 66.9 Å². The molecule has 2 heterocycles. The fourth-order valence-electron chi connectivity index (χ4n) is 6.39. The van der Waals surface area contributed by atoms with Gasteiger partial charge in [0.25, 0.3) is 0 Å². The molecule has 4 aromatic rings. The number of aromatic nitrogens is 2. The third-order valence-corrected chi connectivity index (χ3v) is 9.31. The Kier molecular flexibility index (Phi) is 13.9. The van der Waals surface area contributed by atoms with Gasteiger partial charge in [-0.1, -0.05) is 90.6 Å². The molecule has 0 aliphatic heterocycles. The van der Waals surface area contributed by atoms with Crippen molar-refractivity contribution < 1.29 is 30.0 Å². The van der Waals surface area contributed by atoms with Crippen LogP contribution in [0.25, 0.3) is 33.2 Å². The molecular weight excluding hydrogens is 745 g/mol. The van der Waals surface area contributed by atoms with Crippen LogP contribution in [0.3, 0.4) is 0 Å². The zero-order chi connectivity index (χ0) is 32.7. The van der Waals surface area contributed by atoms with Crippen LogP contribution in [-0.4, -0.2) is 20.9 Å². The number of aliphatic hydroxyl groups excluding tert-OH is 1. The standard InChI is InChI=1S/C28H27N2.C13H24O2.Ir/c1-17(2)25-16-20(15-19-7-5-6-8-21(19)25)28-24-10-12-27-23(22(24)13-14-29-28)9-11-26(30-27)18(3)4;1-5-10(6-2)12(14)9-13(15)11(7-3)8-4;/h5-9,11,13-14,16-18H,10,12H2,1-4H3;9-11,14H,5-8H2,1-4H3;/q-1;;/b;12-9-;. The van der Waals surface area contributed by atoms with Crippen molar-refractivity contribution in [2.45, 2.75) is 106 Å². The number of rotatable bonds is 10. The molecule has 0 saturated heterocycles. The van der Waals surface area contributed by atoms with Gasteiger partial charge in [0.1, 0.15) is 0 Å². The van der Waals surface area contributed by atoms with E-state index in [4.69, 9.17) is 9.97 Å². The van der Waals surface area contributed by atoms with E-state index in [2.05, 4.69) is 82.3 Å². The number of aliphatic hydroxyl groups is 1. The summed E-state index contributed by atoms with van der Waals surface area (Å²) < 4.78 is 0. The maximum Gasteiger partial charge on any atom is 0.162 e. The van der Waals surface area contributed by atoms with Crippen LogP contribution < -0.4 is 0 Å². The van der Waals surface area contributed by atoms with Gasteiger partial charge in [-0.05, 0) is 73.6 Å². The van der Waals surface area contributed by atoms with Crippen LogP contribution in [0.2, 0.25) is 0 Å². The van der Waals surface area contributed by atoms with Crippen molar-refractivity contribution in [3.05, 3.63) is 95.1 Å². The largest absolute Gasteiger partial charge is 0.512 e. The number of aryl methyl sites for hydroxylation is 1. The first-order valence-electron chi connectivity index (χ1n) is 17.0. The first-order valence-corrected chi connectivity index (χ1v) is 17.0. The Morgan fingerprint density at radius 1 is 0.870 bits per heavy atom. The van der Waals surface area contributed by atoms with E-state index in [1.54, 1.807) is 0 Å². The zero-order valence-corrected chi connectivity index (χ0v) is 31.3. The summed E-state index contributed by atoms with van der Waals surface area (Å²) in [5.74, 6) is 1.44. The van der Waals surface area contributed by atoms with Crippen molar-refractivity contribution in [3.8, 4) is 22.4 Å². The summed E-state index contributed by atoms with van der Waals surface area (Å²) in [5.41, 5.74) is 9.78. The molecule has 0 spiro atoms. The molecule has 5 heteroatoms. The fourth-order valence-corrected chi connectivity index (χ4v) is 6.39. The summed E-state index contributed by atoms with van der Waals surface area (Å²) >= 11 is 0. The number of carbonyl (C=O) groups excluding carboxylic acids is 1. The zero-order valence-electron chi connectivity index (χ0n) is 28.9. The van der Waals surface area contributed by atoms with E-state index in [1.807, 2.05) is 33.9 Å². The van der Waals surface area contributed by atoms with Crippen molar-refractivity contribution in [1.82, 2.24) is 9.97 Å². The topological polar surface area (TPSA) is 63.1 Å². The van der Waals surface area contributed by atoms with Crippen LogP contribution in [0.5, 0.6) is 0 Å². The molecule has 0 amide bonds. The second kappa shape index (κ2) is 17.1. The second-order valence-electron chi connectivity index (χ2n) is 12.9. The number of hydrogen-bond acceptors (Lipinski definition) is 4. The normalized spacial score (nSPS) is 12.6. The monoisotopic (exact) mass is 796 g/mol. The average molecular weight is 796 g/mol. The predicted octanol–water partition coefficient (Wildman–Crippen LogP) is 11.0. The van der Waals surface area contributed by atoms with Crippen molar-refractivity contribution >= 4 is 16.6 Å². The molecule has 2 aromatic heterocycles. The number of pyridine rings is 2. The van der Waals surface area contributed by atoms with Gasteiger partial charge in [-0.25, -0.2) is 0 Å². The number of ketones is 1. The quantitative estimate of drug-likeness (QED) is 0.0986. The van der Waals surface area contributed by atoms with E-state index in [1.165, 1.54) is 45.1 Å². The summed E-state index contributed by atoms with van der Waals surface area (Å²) in [6.07, 6.45) is 8.78. The first kappa shape index (κ1) is 37.3. The summed E-state index contributed by atoms with van der Waals surface area (Å²) in [6.45, 7) is 17.0. The SMILES string of the molecule is CC(C)c1ccc2c(n1)CCc1c-2ccnc1-c1[c-]c2ccccc2c(C(C)C)c1.CCC(CC)C(=O)/C=C(\O)C(CC)CC.[Ir]. The van der Waals surface area contributed by atoms with E-state index in [-0.39, 0.29) is 43.5 Å². The molecule has 5 rings (SSSR count).